The summed E-state index contributed by atoms with van der Waals surface area (Å²) < 4.78 is 9.57. The molecule has 0 bridgehead atoms. The van der Waals surface area contributed by atoms with E-state index in [9.17, 15) is 9.59 Å². The Hall–Kier alpha value is -1.78. The molecule has 0 unspecified atom stereocenters. The van der Waals surface area contributed by atoms with Gasteiger partial charge in [0.05, 0.1) is 19.8 Å². The molecule has 1 rings (SSSR count). The molecular formula is C14H21NO4. The van der Waals surface area contributed by atoms with Crippen LogP contribution in [0.4, 0.5) is 0 Å². The molecule has 0 aromatic carbocycles. The van der Waals surface area contributed by atoms with Crippen LogP contribution in [0.3, 0.4) is 0 Å². The number of carbonyl (C=O) groups is 2. The van der Waals surface area contributed by atoms with Gasteiger partial charge in [0.15, 0.2) is 0 Å². The molecule has 0 amide bonds. The van der Waals surface area contributed by atoms with Crippen molar-refractivity contribution in [2.45, 2.75) is 20.8 Å². The molecule has 1 aliphatic rings. The molecule has 0 aromatic heterocycles. The highest BCUT2D eigenvalue weighted by Crippen LogP contribution is 2.27. The minimum atomic E-state index is -0.516. The van der Waals surface area contributed by atoms with E-state index in [1.165, 1.54) is 14.2 Å². The van der Waals surface area contributed by atoms with Gasteiger partial charge in [0.25, 0.3) is 0 Å². The first-order chi connectivity index (χ1) is 8.92. The maximum absolute atomic E-state index is 12.0. The third-order valence-electron chi connectivity index (χ3n) is 2.90. The molecule has 0 saturated carbocycles. The molecule has 0 aliphatic carbocycles. The molecule has 0 N–H and O–H groups in total. The predicted molar refractivity (Wildman–Crippen MR) is 70.9 cm³/mol. The molecule has 5 heteroatoms. The quantitative estimate of drug-likeness (QED) is 0.726. The summed E-state index contributed by atoms with van der Waals surface area (Å²) in [4.78, 5) is 25.6. The van der Waals surface area contributed by atoms with Gasteiger partial charge < -0.3 is 14.4 Å². The molecule has 1 atom stereocenters. The molecule has 0 spiro atoms. The summed E-state index contributed by atoms with van der Waals surface area (Å²) in [7, 11) is 2.61. The van der Waals surface area contributed by atoms with Crippen molar-refractivity contribution in [2.75, 3.05) is 20.8 Å². The fraction of sp³-hybridized carbons (Fsp3) is 0.571. The Bertz CT molecular complexity index is 423. The van der Waals surface area contributed by atoms with E-state index in [4.69, 9.17) is 9.47 Å². The Labute approximate surface area is 113 Å². The first-order valence-corrected chi connectivity index (χ1v) is 6.28. The van der Waals surface area contributed by atoms with E-state index in [0.29, 0.717) is 18.0 Å². The fourth-order valence-corrected chi connectivity index (χ4v) is 2.04. The minimum Gasteiger partial charge on any atom is -0.466 e. The van der Waals surface area contributed by atoms with Gasteiger partial charge in [0.2, 0.25) is 0 Å². The number of allylic oxidation sites excluding steroid dienone is 1. The Morgan fingerprint density at radius 3 is 2.32 bits per heavy atom. The topological polar surface area (TPSA) is 55.8 Å². The summed E-state index contributed by atoms with van der Waals surface area (Å²) >= 11 is 0. The average molecular weight is 267 g/mol. The van der Waals surface area contributed by atoms with Crippen LogP contribution >= 0.6 is 0 Å². The number of nitrogens with zero attached hydrogens (tertiary/aromatic N) is 1. The maximum atomic E-state index is 12.0. The van der Waals surface area contributed by atoms with Crippen LogP contribution < -0.4 is 0 Å². The highest BCUT2D eigenvalue weighted by molar-refractivity contribution is 6.01. The predicted octanol–water partition coefficient (Wildman–Crippen LogP) is 1.71. The van der Waals surface area contributed by atoms with Gasteiger partial charge in [0.1, 0.15) is 5.70 Å². The molecule has 5 nitrogen and oxygen atoms in total. The summed E-state index contributed by atoms with van der Waals surface area (Å²) in [6, 6.07) is 0. The first kappa shape index (κ1) is 15.3. The van der Waals surface area contributed by atoms with Crippen LogP contribution in [0.1, 0.15) is 20.8 Å². The van der Waals surface area contributed by atoms with Crippen LogP contribution in [-0.4, -0.2) is 37.6 Å². The summed E-state index contributed by atoms with van der Waals surface area (Å²) in [6.07, 6.45) is 3.70. The largest absolute Gasteiger partial charge is 0.466 e. The Morgan fingerprint density at radius 2 is 1.84 bits per heavy atom. The summed E-state index contributed by atoms with van der Waals surface area (Å²) in [5, 5.41) is 0. The van der Waals surface area contributed by atoms with Crippen molar-refractivity contribution in [2.24, 2.45) is 11.8 Å². The van der Waals surface area contributed by atoms with E-state index in [0.717, 1.165) is 0 Å². The summed E-state index contributed by atoms with van der Waals surface area (Å²) in [5.74, 6) is -0.843. The van der Waals surface area contributed by atoms with E-state index in [1.54, 1.807) is 4.90 Å². The van der Waals surface area contributed by atoms with Crippen molar-refractivity contribution in [3.8, 4) is 0 Å². The van der Waals surface area contributed by atoms with Gasteiger partial charge in [-0.15, -0.1) is 0 Å². The lowest BCUT2D eigenvalue weighted by atomic mass is 9.95. The van der Waals surface area contributed by atoms with Crippen molar-refractivity contribution in [1.29, 1.82) is 0 Å². The molecule has 0 fully saturated rings. The lowest BCUT2D eigenvalue weighted by Gasteiger charge is -2.30. The van der Waals surface area contributed by atoms with Gasteiger partial charge in [-0.1, -0.05) is 26.8 Å². The summed E-state index contributed by atoms with van der Waals surface area (Å²) in [6.45, 7) is 6.56. The highest BCUT2D eigenvalue weighted by atomic mass is 16.5. The molecule has 106 valence electrons. The van der Waals surface area contributed by atoms with Gasteiger partial charge in [-0.2, -0.15) is 0 Å². The Balaban J connectivity index is 3.27. The fourth-order valence-electron chi connectivity index (χ4n) is 2.04. The molecular weight excluding hydrogens is 246 g/mol. The Kier molecular flexibility index (Phi) is 5.15. The van der Waals surface area contributed by atoms with Crippen LogP contribution in [-0.2, 0) is 19.1 Å². The van der Waals surface area contributed by atoms with E-state index in [2.05, 4.69) is 0 Å². The minimum absolute atomic E-state index is 0.176. The number of ether oxygens (including phenoxy) is 2. The normalized spacial score (nSPS) is 18.8. The van der Waals surface area contributed by atoms with E-state index >= 15 is 0 Å². The molecule has 0 radical (unpaired) electrons. The molecule has 1 aliphatic heterocycles. The van der Waals surface area contributed by atoms with Gasteiger partial charge in [-0.05, 0) is 5.92 Å². The number of methoxy groups -OCH3 is 2. The smallest absolute Gasteiger partial charge is 0.355 e. The second-order valence-corrected chi connectivity index (χ2v) is 4.92. The zero-order chi connectivity index (χ0) is 14.6. The standard InChI is InChI=1S/C14H21NO4/c1-9(2)8-15-7-6-10(3)11(13(16)18-4)12(15)14(17)19-5/h6-7,9-10H,8H2,1-5H3/t10-/m0/s1. The molecule has 0 saturated heterocycles. The van der Waals surface area contributed by atoms with Crippen LogP contribution in [0, 0.1) is 11.8 Å². The van der Waals surface area contributed by atoms with Gasteiger partial charge in [-0.3, -0.25) is 0 Å². The third kappa shape index (κ3) is 3.36. The summed E-state index contributed by atoms with van der Waals surface area (Å²) in [5.41, 5.74) is 0.621. The molecule has 19 heavy (non-hydrogen) atoms. The highest BCUT2D eigenvalue weighted by Gasteiger charge is 2.32. The van der Waals surface area contributed by atoms with Gasteiger partial charge >= 0.3 is 11.9 Å². The molecule has 1 heterocycles. The molecule has 0 aromatic rings. The Morgan fingerprint density at radius 1 is 1.26 bits per heavy atom. The maximum Gasteiger partial charge on any atom is 0.355 e. The van der Waals surface area contributed by atoms with Crippen molar-refractivity contribution in [3.05, 3.63) is 23.5 Å². The zero-order valence-corrected chi connectivity index (χ0v) is 12.1. The second-order valence-electron chi connectivity index (χ2n) is 4.92. The zero-order valence-electron chi connectivity index (χ0n) is 12.1. The lowest BCUT2D eigenvalue weighted by molar-refractivity contribution is -0.141. The van der Waals surface area contributed by atoms with Crippen molar-refractivity contribution >= 4 is 11.9 Å². The van der Waals surface area contributed by atoms with Crippen LogP contribution in [0.15, 0.2) is 23.5 Å². The number of hydrogen-bond acceptors (Lipinski definition) is 5. The third-order valence-corrected chi connectivity index (χ3v) is 2.90. The number of esters is 2. The number of carbonyl (C=O) groups excluding carboxylic acids is 2. The van der Waals surface area contributed by atoms with Gasteiger partial charge in [-0.25, -0.2) is 9.59 Å². The van der Waals surface area contributed by atoms with E-state index < -0.39 is 11.9 Å². The van der Waals surface area contributed by atoms with E-state index in [-0.39, 0.29) is 11.6 Å². The van der Waals surface area contributed by atoms with Crippen LogP contribution in [0.2, 0.25) is 0 Å². The van der Waals surface area contributed by atoms with Gasteiger partial charge in [0, 0.05) is 18.7 Å². The average Bonchev–Trinajstić information content (AvgIpc) is 2.38. The lowest BCUT2D eigenvalue weighted by Crippen LogP contribution is -2.34. The second kappa shape index (κ2) is 6.41. The number of rotatable bonds is 4. The van der Waals surface area contributed by atoms with Crippen molar-refractivity contribution in [1.82, 2.24) is 4.90 Å². The SMILES string of the molecule is COC(=O)C1=C(C(=O)OC)N(CC(C)C)C=C[C@@H]1C. The van der Waals surface area contributed by atoms with Crippen molar-refractivity contribution < 1.29 is 19.1 Å². The van der Waals surface area contributed by atoms with Crippen LogP contribution in [0.25, 0.3) is 0 Å². The monoisotopic (exact) mass is 267 g/mol. The first-order valence-electron chi connectivity index (χ1n) is 6.28. The number of hydrogen-bond donors (Lipinski definition) is 0. The van der Waals surface area contributed by atoms with Crippen molar-refractivity contribution in [3.63, 3.8) is 0 Å². The van der Waals surface area contributed by atoms with Crippen LogP contribution in [0.5, 0.6) is 0 Å². The van der Waals surface area contributed by atoms with E-state index in [1.807, 2.05) is 33.0 Å².